The third kappa shape index (κ3) is 29.3. The molecule has 12 aromatic heterocycles. The molecule has 1 aromatic carbocycles. The van der Waals surface area contributed by atoms with Crippen LogP contribution in [0.5, 0.6) is 0 Å². The van der Waals surface area contributed by atoms with Gasteiger partial charge in [-0.05, 0) is 185 Å². The average Bonchev–Trinajstić information content (AvgIpc) is 1.66. The Bertz CT molecular complexity index is 6980. The fourth-order valence-electron chi connectivity index (χ4n) is 14.7. The van der Waals surface area contributed by atoms with E-state index in [-0.39, 0.29) is 162 Å². The van der Waals surface area contributed by atoms with Crippen LogP contribution in [0.2, 0.25) is 0 Å². The first-order chi connectivity index (χ1) is 69.3. The first kappa shape index (κ1) is 112. The molecule has 0 unspecified atom stereocenters. The number of halogens is 19. The zero-order valence-corrected chi connectivity index (χ0v) is 80.1. The van der Waals surface area contributed by atoms with Crippen LogP contribution in [0.1, 0.15) is 160 Å². The highest BCUT2D eigenvalue weighted by Crippen LogP contribution is 2.43. The van der Waals surface area contributed by atoms with Crippen molar-refractivity contribution in [2.75, 3.05) is 66.3 Å². The number of alkyl halides is 18. The molecule has 3 aliphatic rings. The summed E-state index contributed by atoms with van der Waals surface area (Å²) < 4.78 is 250. The van der Waals surface area contributed by atoms with Crippen molar-refractivity contribution < 1.29 is 112 Å². The molecule has 3 saturated carbocycles. The number of nitrogen functional groups attached to an aromatic ring is 6. The van der Waals surface area contributed by atoms with Crippen LogP contribution in [-0.4, -0.2) is 124 Å². The van der Waals surface area contributed by atoms with Gasteiger partial charge in [0.15, 0.2) is 34.2 Å². The van der Waals surface area contributed by atoms with Gasteiger partial charge in [-0.1, -0.05) is 52.0 Å². The lowest BCUT2D eigenvalue weighted by atomic mass is 9.85. The molecule has 790 valence electrons. The molecule has 13 aromatic rings. The molecule has 148 heavy (non-hydrogen) atoms. The van der Waals surface area contributed by atoms with Gasteiger partial charge >= 0.3 is 37.1 Å². The zero-order chi connectivity index (χ0) is 109. The first-order valence-electron chi connectivity index (χ1n) is 45.2. The fraction of sp³-hybridized carbons (Fsp3) is 0.355. The van der Waals surface area contributed by atoms with E-state index in [1.54, 1.807) is 6.92 Å². The summed E-state index contributed by atoms with van der Waals surface area (Å²) in [6, 6.07) is 27.4. The van der Waals surface area contributed by atoms with Crippen molar-refractivity contribution in [3.8, 4) is 67.5 Å². The van der Waals surface area contributed by atoms with E-state index in [1.807, 2.05) is 13.8 Å². The van der Waals surface area contributed by atoms with E-state index in [9.17, 15) is 112 Å². The highest BCUT2D eigenvalue weighted by atomic mass is 19.4. The van der Waals surface area contributed by atoms with E-state index in [0.29, 0.717) is 52.6 Å². The smallest absolute Gasteiger partial charge is 0.383 e. The summed E-state index contributed by atoms with van der Waals surface area (Å²) >= 11 is 0. The summed E-state index contributed by atoms with van der Waals surface area (Å²) in [6.07, 6.45) is -14.8. The van der Waals surface area contributed by atoms with Gasteiger partial charge in [0.1, 0.15) is 75.6 Å². The molecule has 16 rings (SSSR count). The molecule has 55 heteroatoms. The van der Waals surface area contributed by atoms with Gasteiger partial charge in [-0.3, -0.25) is 56.9 Å². The quantitative estimate of drug-likeness (QED) is 0.0221. The van der Waals surface area contributed by atoms with Crippen LogP contribution in [0, 0.1) is 30.5 Å². The standard InChI is InChI=1S/C18H15F4N5O.C16H18F3N5O.C16H20F3N5O.C15H16F3N5O.C14H14F3N5O.C14H16F3N5O/c1-9-3-4-10(7-12(9)19)17(28)25-15-6-5-11(16(23)24-15)13-8-14(18(20,21)22)26-27(13)2;1-24-11(8-12(23-24)16(17,18)19)10-6-7-13(21-14(10)20)22-15(25)9-4-2-3-5-9;1-3-4-5-6-14(25)21-13-8-7-10(15(20)22-13)11-9-12(16(17,18)19)23-24(11)2;1-23-10(7-11(22-23)15(16,17)18)9-5-6-12(20-13(9)19)21-14(24)8-3-2-4-8;1-22-9(6-10(21-22)14(15,16)17)8-4-5-11(19-12(8)18)20-13(23)7-2-3-7;1-3-4-12(23)19-11-6-5-8(13(18)20-11)9-7-10(14(15,16)17)21-22(9)2/h3-8H,1-2H3,(H3,23,24,25,28);6-9H,2-5H2,1H3,(H3,20,21,22,25);7-9H,3-6H2,1-2H3,(H3,20,21,22,25);5-8H,2-4H2,1H3,(H3,19,20,21,24);4-7H,2-3H2,1H3,(H3,18,19,20,23);5-7H,3-4H2,1-2H3,(H3,18,19,20,23). The maximum atomic E-state index is 13.6. The van der Waals surface area contributed by atoms with Crippen LogP contribution in [-0.2, 0) is 103 Å². The maximum absolute atomic E-state index is 13.6. The number of unbranched alkanes of at least 4 members (excludes halogenated alkanes) is 2. The van der Waals surface area contributed by atoms with Gasteiger partial charge < -0.3 is 66.3 Å². The number of nitrogens with zero attached hydrogens (tertiary/aromatic N) is 18. The van der Waals surface area contributed by atoms with Crippen molar-refractivity contribution >= 4 is 105 Å². The van der Waals surface area contributed by atoms with Gasteiger partial charge in [0.25, 0.3) is 5.91 Å². The van der Waals surface area contributed by atoms with Gasteiger partial charge in [-0.15, -0.1) is 0 Å². The van der Waals surface area contributed by atoms with Crippen molar-refractivity contribution in [3.05, 3.63) is 179 Å². The molecule has 3 aliphatic carbocycles. The zero-order valence-electron chi connectivity index (χ0n) is 80.1. The summed E-state index contributed by atoms with van der Waals surface area (Å²) in [4.78, 5) is 95.5. The number of rotatable bonds is 22. The normalized spacial score (nSPS) is 13.3. The van der Waals surface area contributed by atoms with Crippen molar-refractivity contribution in [2.24, 2.45) is 60.0 Å². The number of pyridine rings is 6. The van der Waals surface area contributed by atoms with Crippen LogP contribution in [0.25, 0.3) is 67.5 Å². The molecule has 18 N–H and O–H groups in total. The molecule has 0 bridgehead atoms. The molecule has 12 heterocycles. The Labute approximate surface area is 829 Å². The van der Waals surface area contributed by atoms with Crippen LogP contribution in [0.15, 0.2) is 127 Å². The monoisotopic (exact) mass is 2090 g/mol. The van der Waals surface area contributed by atoms with E-state index < -0.39 is 82.9 Å². The van der Waals surface area contributed by atoms with Gasteiger partial charge in [-0.25, -0.2) is 34.3 Å². The number of aromatic nitrogens is 18. The Kier molecular flexibility index (Phi) is 35.1. The SMILES string of the molecule is CCCC(=O)Nc1ccc(-c2cc(C(F)(F)F)nn2C)c(N)n1.CCCCCC(=O)Nc1ccc(-c2cc(C(F)(F)F)nn2C)c(N)n1.Cc1ccc(C(=O)Nc2ccc(-c3cc(C(F)(F)F)nn3C)c(N)n2)cc1F.Cn1nc(C(F)(F)F)cc1-c1ccc(NC(=O)C2CC2)nc1N.Cn1nc(C(F)(F)F)cc1-c1ccc(NC(=O)C2CCC2)nc1N.Cn1nc(C(F)(F)F)cc1-c1ccc(NC(=O)C2CCCC2)nc1N. The number of nitrogens with one attached hydrogen (secondary N) is 6. The number of anilines is 12. The summed E-state index contributed by atoms with van der Waals surface area (Å²) in [5, 5.41) is 36.4. The number of nitrogens with two attached hydrogens (primary N) is 6. The van der Waals surface area contributed by atoms with Gasteiger partial charge in [0.05, 0.1) is 34.2 Å². The van der Waals surface area contributed by atoms with E-state index in [4.69, 9.17) is 34.4 Å². The first-order valence-corrected chi connectivity index (χ1v) is 45.2. The average molecular weight is 2090 g/mol. The van der Waals surface area contributed by atoms with Gasteiger partial charge in [-0.2, -0.15) is 110 Å². The van der Waals surface area contributed by atoms with E-state index >= 15 is 0 Å². The minimum Gasteiger partial charge on any atom is -0.383 e. The minimum absolute atomic E-state index is 0.000816. The van der Waals surface area contributed by atoms with Gasteiger partial charge in [0, 0.05) is 112 Å². The van der Waals surface area contributed by atoms with Crippen LogP contribution < -0.4 is 66.3 Å². The number of hydrogen-bond donors (Lipinski definition) is 12. The molecule has 0 aliphatic heterocycles. The number of hydrogen-bond acceptors (Lipinski definition) is 24. The molecule has 0 spiro atoms. The number of benzene rings is 1. The Hall–Kier alpha value is -16.3. The Morgan fingerprint density at radius 3 is 0.750 bits per heavy atom. The third-order valence-electron chi connectivity index (χ3n) is 22.8. The molecule has 0 radical (unpaired) electrons. The lowest BCUT2D eigenvalue weighted by Gasteiger charge is -2.23. The number of aryl methyl sites for hydroxylation is 7. The highest BCUT2D eigenvalue weighted by Gasteiger charge is 2.42. The second kappa shape index (κ2) is 46.4. The molecular formula is C93H99F19N30O6. The van der Waals surface area contributed by atoms with Crippen LogP contribution >= 0.6 is 0 Å². The molecule has 3 fully saturated rings. The highest BCUT2D eigenvalue weighted by molar-refractivity contribution is 6.04. The Morgan fingerprint density at radius 1 is 0.304 bits per heavy atom. The third-order valence-corrected chi connectivity index (χ3v) is 22.8. The molecule has 0 atom stereocenters. The Balaban J connectivity index is 0.000000169. The lowest BCUT2D eigenvalue weighted by Crippen LogP contribution is -2.28. The molecule has 0 saturated heterocycles. The lowest BCUT2D eigenvalue weighted by molar-refractivity contribution is -0.142. The van der Waals surface area contributed by atoms with Crippen LogP contribution in [0.4, 0.5) is 153 Å². The predicted octanol–water partition coefficient (Wildman–Crippen LogP) is 18.7. The molecule has 6 amide bonds. The summed E-state index contributed by atoms with van der Waals surface area (Å²) in [5.41, 5.74) is 32.4. The molecular weight excluding hydrogens is 1990 g/mol. The largest absolute Gasteiger partial charge is 0.435 e. The minimum atomic E-state index is -4.59. The topological polar surface area (TPSA) is 515 Å². The predicted molar refractivity (Wildman–Crippen MR) is 508 cm³/mol. The van der Waals surface area contributed by atoms with Crippen LogP contribution in [0.3, 0.4) is 0 Å². The van der Waals surface area contributed by atoms with Crippen molar-refractivity contribution in [1.82, 2.24) is 88.6 Å². The number of carbonyl (C=O) groups is 6. The van der Waals surface area contributed by atoms with Crippen molar-refractivity contribution in [3.63, 3.8) is 0 Å². The number of amides is 6. The fourth-order valence-corrected chi connectivity index (χ4v) is 14.7. The maximum Gasteiger partial charge on any atom is 0.435 e. The number of carbonyl (C=O) groups excluding carboxylic acids is 6. The van der Waals surface area contributed by atoms with E-state index in [2.05, 4.69) is 92.4 Å². The summed E-state index contributed by atoms with van der Waals surface area (Å²) in [7, 11) is 8.34. The van der Waals surface area contributed by atoms with E-state index in [1.165, 1.54) is 127 Å². The van der Waals surface area contributed by atoms with E-state index in [0.717, 1.165) is 148 Å². The summed E-state index contributed by atoms with van der Waals surface area (Å²) in [6.45, 7) is 5.48. The van der Waals surface area contributed by atoms with Crippen molar-refractivity contribution in [2.45, 2.75) is 154 Å². The summed E-state index contributed by atoms with van der Waals surface area (Å²) in [5.74, 6) is -0.373. The Morgan fingerprint density at radius 2 is 0.541 bits per heavy atom. The second-order valence-electron chi connectivity index (χ2n) is 34.1. The van der Waals surface area contributed by atoms with Gasteiger partial charge in [0.2, 0.25) is 29.5 Å². The molecule has 36 nitrogen and oxygen atoms in total. The van der Waals surface area contributed by atoms with Crippen molar-refractivity contribution in [1.29, 1.82) is 0 Å². The second-order valence-corrected chi connectivity index (χ2v) is 34.1.